The van der Waals surface area contributed by atoms with E-state index < -0.39 is 0 Å². The quantitative estimate of drug-likeness (QED) is 0.843. The summed E-state index contributed by atoms with van der Waals surface area (Å²) in [6, 6.07) is 7.67. The Morgan fingerprint density at radius 1 is 1.33 bits per heavy atom. The molecule has 0 amide bonds. The van der Waals surface area contributed by atoms with E-state index in [0.717, 1.165) is 4.60 Å². The largest absolute Gasteiger partial charge is 0.426 e. The Bertz CT molecular complexity index is 467. The molecule has 0 radical (unpaired) electrons. The lowest BCUT2D eigenvalue weighted by Crippen LogP contribution is -1.94. The molecular formula is C10H8BrClN2O. The molecule has 0 aliphatic carbocycles. The van der Waals surface area contributed by atoms with Crippen LogP contribution in [-0.4, -0.2) is 9.55 Å². The summed E-state index contributed by atoms with van der Waals surface area (Å²) in [5, 5.41) is 0.684. The van der Waals surface area contributed by atoms with Crippen LogP contribution in [0.4, 0.5) is 0 Å². The second-order valence-electron chi connectivity index (χ2n) is 2.98. The van der Waals surface area contributed by atoms with Crippen molar-refractivity contribution in [2.75, 3.05) is 0 Å². The average Bonchev–Trinajstić information content (AvgIpc) is 2.53. The van der Waals surface area contributed by atoms with Crippen molar-refractivity contribution in [2.45, 2.75) is 0 Å². The smallest absolute Gasteiger partial charge is 0.302 e. The maximum atomic E-state index is 5.77. The number of hydrogen-bond acceptors (Lipinski definition) is 2. The third-order valence-corrected chi connectivity index (χ3v) is 2.90. The van der Waals surface area contributed by atoms with Crippen molar-refractivity contribution in [3.8, 4) is 11.8 Å². The molecule has 2 rings (SSSR count). The summed E-state index contributed by atoms with van der Waals surface area (Å²) in [5.41, 5.74) is 0. The first kappa shape index (κ1) is 10.5. The molecule has 0 aliphatic heterocycles. The highest BCUT2D eigenvalue weighted by atomic mass is 79.9. The van der Waals surface area contributed by atoms with Crippen LogP contribution in [0.15, 0.2) is 35.1 Å². The van der Waals surface area contributed by atoms with Crippen molar-refractivity contribution >= 4 is 27.5 Å². The fraction of sp³-hybridized carbons (Fsp3) is 0.100. The predicted octanol–water partition coefficient (Wildman–Crippen LogP) is 3.63. The average molecular weight is 288 g/mol. The fourth-order valence-corrected chi connectivity index (χ4v) is 1.46. The summed E-state index contributed by atoms with van der Waals surface area (Å²) < 4.78 is 8.22. The Kier molecular flexibility index (Phi) is 2.98. The Morgan fingerprint density at radius 2 is 2.00 bits per heavy atom. The Balaban J connectivity index is 2.22. The second-order valence-corrected chi connectivity index (χ2v) is 4.23. The van der Waals surface area contributed by atoms with Gasteiger partial charge in [0.25, 0.3) is 0 Å². The van der Waals surface area contributed by atoms with Crippen LogP contribution >= 0.6 is 27.5 Å². The van der Waals surface area contributed by atoms with Gasteiger partial charge in [-0.1, -0.05) is 11.6 Å². The predicted molar refractivity (Wildman–Crippen MR) is 62.4 cm³/mol. The van der Waals surface area contributed by atoms with E-state index in [4.69, 9.17) is 16.3 Å². The van der Waals surface area contributed by atoms with Crippen molar-refractivity contribution in [1.82, 2.24) is 9.55 Å². The van der Waals surface area contributed by atoms with Gasteiger partial charge in [-0.25, -0.2) is 4.98 Å². The molecule has 78 valence electrons. The van der Waals surface area contributed by atoms with Crippen LogP contribution in [0.3, 0.4) is 0 Å². The summed E-state index contributed by atoms with van der Waals surface area (Å²) in [6.45, 7) is 0. The molecule has 0 bridgehead atoms. The van der Waals surface area contributed by atoms with Crippen molar-refractivity contribution in [2.24, 2.45) is 7.05 Å². The number of aromatic nitrogens is 2. The first-order valence-electron chi connectivity index (χ1n) is 4.27. The molecule has 0 spiro atoms. The van der Waals surface area contributed by atoms with Crippen LogP contribution in [0.5, 0.6) is 11.8 Å². The SMILES string of the molecule is Cn1c(Br)cnc1Oc1ccc(Cl)cc1. The topological polar surface area (TPSA) is 27.1 Å². The Hall–Kier alpha value is -1.00. The number of imidazole rings is 1. The van der Waals surface area contributed by atoms with Gasteiger partial charge < -0.3 is 4.74 Å². The lowest BCUT2D eigenvalue weighted by molar-refractivity contribution is 0.423. The molecule has 3 nitrogen and oxygen atoms in total. The van der Waals surface area contributed by atoms with Gasteiger partial charge >= 0.3 is 6.01 Å². The number of hydrogen-bond donors (Lipinski definition) is 0. The highest BCUT2D eigenvalue weighted by Crippen LogP contribution is 2.23. The third-order valence-electron chi connectivity index (χ3n) is 1.91. The van der Waals surface area contributed by atoms with Crippen LogP contribution in [0.1, 0.15) is 0 Å². The number of halogens is 2. The minimum absolute atomic E-state index is 0.532. The van der Waals surface area contributed by atoms with Crippen molar-refractivity contribution in [3.05, 3.63) is 40.1 Å². The summed E-state index contributed by atoms with van der Waals surface area (Å²) >= 11 is 9.11. The molecule has 0 aliphatic rings. The van der Waals surface area contributed by atoms with Crippen LogP contribution < -0.4 is 4.74 Å². The molecule has 0 N–H and O–H groups in total. The van der Waals surface area contributed by atoms with Crippen LogP contribution in [0, 0.1) is 0 Å². The van der Waals surface area contributed by atoms with Gasteiger partial charge in [0.15, 0.2) is 0 Å². The third kappa shape index (κ3) is 2.33. The van der Waals surface area contributed by atoms with Crippen LogP contribution in [-0.2, 0) is 7.05 Å². The highest BCUT2D eigenvalue weighted by molar-refractivity contribution is 9.10. The summed E-state index contributed by atoms with van der Waals surface area (Å²) in [4.78, 5) is 4.09. The van der Waals surface area contributed by atoms with Crippen molar-refractivity contribution < 1.29 is 4.74 Å². The molecule has 2 aromatic rings. The molecule has 15 heavy (non-hydrogen) atoms. The normalized spacial score (nSPS) is 10.3. The van der Waals surface area contributed by atoms with Gasteiger partial charge in [-0.05, 0) is 40.2 Å². The van der Waals surface area contributed by atoms with Gasteiger partial charge in [-0.15, -0.1) is 0 Å². The van der Waals surface area contributed by atoms with E-state index >= 15 is 0 Å². The Labute approximate surface area is 101 Å². The van der Waals surface area contributed by atoms with Gasteiger partial charge in [-0.2, -0.15) is 0 Å². The van der Waals surface area contributed by atoms with E-state index in [9.17, 15) is 0 Å². The first-order chi connectivity index (χ1) is 7.16. The van der Waals surface area contributed by atoms with Gasteiger partial charge in [0.2, 0.25) is 0 Å². The first-order valence-corrected chi connectivity index (χ1v) is 5.44. The minimum atomic E-state index is 0.532. The number of ether oxygens (including phenoxy) is 1. The molecule has 0 fully saturated rings. The molecule has 0 saturated heterocycles. The maximum absolute atomic E-state index is 5.77. The van der Waals surface area contributed by atoms with Gasteiger partial charge in [0.1, 0.15) is 10.4 Å². The van der Waals surface area contributed by atoms with Gasteiger partial charge in [-0.3, -0.25) is 4.57 Å². The lowest BCUT2D eigenvalue weighted by Gasteiger charge is -2.04. The zero-order valence-electron chi connectivity index (χ0n) is 7.95. The summed E-state index contributed by atoms with van der Waals surface area (Å²) in [5.74, 6) is 0.709. The van der Waals surface area contributed by atoms with Crippen molar-refractivity contribution in [1.29, 1.82) is 0 Å². The highest BCUT2D eigenvalue weighted by Gasteiger charge is 2.05. The zero-order valence-corrected chi connectivity index (χ0v) is 10.3. The molecule has 1 aromatic carbocycles. The molecule has 0 saturated carbocycles. The summed E-state index contributed by atoms with van der Waals surface area (Å²) in [7, 11) is 1.86. The fourth-order valence-electron chi connectivity index (χ4n) is 1.08. The molecular weight excluding hydrogens is 279 g/mol. The number of nitrogens with zero attached hydrogens (tertiary/aromatic N) is 2. The Morgan fingerprint density at radius 3 is 2.53 bits per heavy atom. The lowest BCUT2D eigenvalue weighted by atomic mass is 10.3. The summed E-state index contributed by atoms with van der Waals surface area (Å²) in [6.07, 6.45) is 1.69. The minimum Gasteiger partial charge on any atom is -0.426 e. The monoisotopic (exact) mass is 286 g/mol. The van der Waals surface area contributed by atoms with Crippen LogP contribution in [0.2, 0.25) is 5.02 Å². The van der Waals surface area contributed by atoms with E-state index in [1.54, 1.807) is 35.0 Å². The van der Waals surface area contributed by atoms with E-state index in [-0.39, 0.29) is 0 Å². The second kappa shape index (κ2) is 4.24. The van der Waals surface area contributed by atoms with E-state index in [1.165, 1.54) is 0 Å². The van der Waals surface area contributed by atoms with E-state index in [1.807, 2.05) is 7.05 Å². The molecule has 0 unspecified atom stereocenters. The molecule has 0 atom stereocenters. The van der Waals surface area contributed by atoms with E-state index in [2.05, 4.69) is 20.9 Å². The maximum Gasteiger partial charge on any atom is 0.302 e. The van der Waals surface area contributed by atoms with E-state index in [0.29, 0.717) is 16.8 Å². The van der Waals surface area contributed by atoms with Gasteiger partial charge in [0, 0.05) is 12.1 Å². The number of rotatable bonds is 2. The molecule has 1 aromatic heterocycles. The molecule has 1 heterocycles. The molecule has 5 heteroatoms. The van der Waals surface area contributed by atoms with Crippen LogP contribution in [0.25, 0.3) is 0 Å². The standard InChI is InChI=1S/C10H8BrClN2O/c1-14-9(11)6-13-10(14)15-8-4-2-7(12)3-5-8/h2-6H,1H3. The van der Waals surface area contributed by atoms with Gasteiger partial charge in [0.05, 0.1) is 6.20 Å². The zero-order chi connectivity index (χ0) is 10.8. The number of benzene rings is 1. The van der Waals surface area contributed by atoms with Crippen molar-refractivity contribution in [3.63, 3.8) is 0 Å².